The summed E-state index contributed by atoms with van der Waals surface area (Å²) in [6.45, 7) is 11.1. The van der Waals surface area contributed by atoms with Crippen molar-refractivity contribution >= 4 is 8.32 Å². The van der Waals surface area contributed by atoms with E-state index in [1.165, 1.54) is 12.1 Å². The number of nitrogens with two attached hydrogens (primary N) is 1. The molecule has 1 aromatic carbocycles. The van der Waals surface area contributed by atoms with Gasteiger partial charge in [-0.2, -0.15) is 0 Å². The van der Waals surface area contributed by atoms with E-state index in [0.717, 1.165) is 11.3 Å². The second-order valence-electron chi connectivity index (χ2n) is 5.82. The highest BCUT2D eigenvalue weighted by Gasteiger charge is 2.39. The smallest absolute Gasteiger partial charge is 0.250 e. The molecule has 96 valence electrons. The molecule has 0 aliphatic carbocycles. The van der Waals surface area contributed by atoms with Gasteiger partial charge in [0.05, 0.1) is 0 Å². The number of benzene rings is 1. The molecule has 0 heterocycles. The number of halogens is 1. The first-order valence-electron chi connectivity index (χ1n) is 5.85. The van der Waals surface area contributed by atoms with E-state index in [2.05, 4.69) is 33.9 Å². The maximum absolute atomic E-state index is 13.1. The highest BCUT2D eigenvalue weighted by molar-refractivity contribution is 6.74. The van der Waals surface area contributed by atoms with E-state index in [0.29, 0.717) is 6.54 Å². The Morgan fingerprint density at radius 1 is 1.29 bits per heavy atom. The van der Waals surface area contributed by atoms with Crippen LogP contribution in [0.4, 0.5) is 4.39 Å². The van der Waals surface area contributed by atoms with Gasteiger partial charge in [-0.3, -0.25) is 0 Å². The Morgan fingerprint density at radius 2 is 1.88 bits per heavy atom. The Morgan fingerprint density at radius 3 is 2.35 bits per heavy atom. The van der Waals surface area contributed by atoms with Crippen LogP contribution in [-0.2, 0) is 6.54 Å². The fourth-order valence-corrected chi connectivity index (χ4v) is 2.29. The SMILES string of the molecule is CC(C)(C)[Si](C)(C)Oc1ccc(F)cc1CN. The molecule has 2 N–H and O–H groups in total. The largest absolute Gasteiger partial charge is 0.543 e. The van der Waals surface area contributed by atoms with Crippen molar-refractivity contribution in [2.75, 3.05) is 0 Å². The van der Waals surface area contributed by atoms with Crippen molar-refractivity contribution in [3.63, 3.8) is 0 Å². The summed E-state index contributed by atoms with van der Waals surface area (Å²) in [5.74, 6) is 0.452. The average molecular weight is 255 g/mol. The highest BCUT2D eigenvalue weighted by atomic mass is 28.4. The summed E-state index contributed by atoms with van der Waals surface area (Å²) >= 11 is 0. The third-order valence-corrected chi connectivity index (χ3v) is 7.76. The van der Waals surface area contributed by atoms with Crippen LogP contribution in [0.3, 0.4) is 0 Å². The first-order chi connectivity index (χ1) is 7.67. The minimum Gasteiger partial charge on any atom is -0.543 e. The van der Waals surface area contributed by atoms with Gasteiger partial charge in [0, 0.05) is 12.1 Å². The molecular weight excluding hydrogens is 233 g/mol. The standard InChI is InChI=1S/C13H22FNOSi/c1-13(2,3)17(4,5)16-12-7-6-11(14)8-10(12)9-15/h6-8H,9,15H2,1-5H3. The van der Waals surface area contributed by atoms with Crippen LogP contribution in [0.15, 0.2) is 18.2 Å². The lowest BCUT2D eigenvalue weighted by atomic mass is 10.2. The Bertz CT molecular complexity index is 399. The van der Waals surface area contributed by atoms with Crippen molar-refractivity contribution in [3.05, 3.63) is 29.6 Å². The quantitative estimate of drug-likeness (QED) is 0.836. The Labute approximate surface area is 104 Å². The maximum Gasteiger partial charge on any atom is 0.250 e. The number of hydrogen-bond acceptors (Lipinski definition) is 2. The molecule has 0 bridgehead atoms. The predicted octanol–water partition coefficient (Wildman–Crippen LogP) is 3.67. The second-order valence-corrected chi connectivity index (χ2v) is 10.5. The van der Waals surface area contributed by atoms with E-state index >= 15 is 0 Å². The van der Waals surface area contributed by atoms with Crippen LogP contribution in [0.1, 0.15) is 26.3 Å². The fourth-order valence-electron chi connectivity index (χ4n) is 1.24. The first-order valence-corrected chi connectivity index (χ1v) is 8.76. The van der Waals surface area contributed by atoms with Crippen molar-refractivity contribution in [1.82, 2.24) is 0 Å². The third-order valence-electron chi connectivity index (χ3n) is 3.41. The van der Waals surface area contributed by atoms with Gasteiger partial charge in [-0.05, 0) is 36.3 Å². The lowest BCUT2D eigenvalue weighted by molar-refractivity contribution is 0.485. The van der Waals surface area contributed by atoms with Gasteiger partial charge < -0.3 is 10.2 Å². The van der Waals surface area contributed by atoms with Crippen LogP contribution < -0.4 is 10.2 Å². The molecule has 1 rings (SSSR count). The van der Waals surface area contributed by atoms with Crippen LogP contribution in [-0.4, -0.2) is 8.32 Å². The summed E-state index contributed by atoms with van der Waals surface area (Å²) in [5.41, 5.74) is 6.35. The molecule has 0 fully saturated rings. The van der Waals surface area contributed by atoms with E-state index in [4.69, 9.17) is 10.2 Å². The molecule has 0 atom stereocenters. The zero-order valence-electron chi connectivity index (χ0n) is 11.3. The van der Waals surface area contributed by atoms with E-state index in [1.807, 2.05) is 0 Å². The molecule has 17 heavy (non-hydrogen) atoms. The molecule has 0 aromatic heterocycles. The van der Waals surface area contributed by atoms with Gasteiger partial charge in [-0.15, -0.1) is 0 Å². The van der Waals surface area contributed by atoms with Crippen LogP contribution >= 0.6 is 0 Å². The van der Waals surface area contributed by atoms with E-state index in [-0.39, 0.29) is 10.9 Å². The second kappa shape index (κ2) is 4.78. The van der Waals surface area contributed by atoms with Crippen molar-refractivity contribution in [1.29, 1.82) is 0 Å². The molecule has 1 aromatic rings. The van der Waals surface area contributed by atoms with Crippen LogP contribution in [0.2, 0.25) is 18.1 Å². The molecule has 2 nitrogen and oxygen atoms in total. The molecule has 0 saturated heterocycles. The van der Waals surface area contributed by atoms with Gasteiger partial charge >= 0.3 is 0 Å². The Balaban J connectivity index is 3.03. The third kappa shape index (κ3) is 3.29. The summed E-state index contributed by atoms with van der Waals surface area (Å²) in [7, 11) is -1.89. The molecule has 0 amide bonds. The molecule has 0 radical (unpaired) electrons. The van der Waals surface area contributed by atoms with Crippen LogP contribution in [0.5, 0.6) is 5.75 Å². The minimum atomic E-state index is -1.89. The van der Waals surface area contributed by atoms with Crippen molar-refractivity contribution < 1.29 is 8.82 Å². The van der Waals surface area contributed by atoms with E-state index in [1.54, 1.807) is 6.07 Å². The van der Waals surface area contributed by atoms with Gasteiger partial charge in [0.15, 0.2) is 0 Å². The fraction of sp³-hybridized carbons (Fsp3) is 0.538. The molecular formula is C13H22FNOSi. The normalized spacial score (nSPS) is 12.6. The summed E-state index contributed by atoms with van der Waals surface area (Å²) in [6.07, 6.45) is 0. The van der Waals surface area contributed by atoms with Gasteiger partial charge in [0.25, 0.3) is 0 Å². The molecule has 0 aliphatic heterocycles. The topological polar surface area (TPSA) is 35.2 Å². The van der Waals surface area contributed by atoms with Gasteiger partial charge in [0.2, 0.25) is 8.32 Å². The van der Waals surface area contributed by atoms with Crippen molar-refractivity contribution in [3.8, 4) is 5.75 Å². The lowest BCUT2D eigenvalue weighted by Gasteiger charge is -2.37. The monoisotopic (exact) mass is 255 g/mol. The zero-order chi connectivity index (χ0) is 13.3. The van der Waals surface area contributed by atoms with Gasteiger partial charge in [0.1, 0.15) is 11.6 Å². The molecule has 0 unspecified atom stereocenters. The summed E-state index contributed by atoms with van der Waals surface area (Å²) in [6, 6.07) is 4.54. The average Bonchev–Trinajstić information content (AvgIpc) is 2.18. The van der Waals surface area contributed by atoms with E-state index in [9.17, 15) is 4.39 Å². The minimum absolute atomic E-state index is 0.118. The summed E-state index contributed by atoms with van der Waals surface area (Å²) in [5, 5.41) is 0.118. The molecule has 0 spiro atoms. The number of hydrogen-bond donors (Lipinski definition) is 1. The maximum atomic E-state index is 13.1. The van der Waals surface area contributed by atoms with E-state index < -0.39 is 8.32 Å². The first kappa shape index (κ1) is 14.2. The van der Waals surface area contributed by atoms with Crippen LogP contribution in [0, 0.1) is 5.82 Å². The lowest BCUT2D eigenvalue weighted by Crippen LogP contribution is -2.44. The molecule has 0 aliphatic rings. The van der Waals surface area contributed by atoms with Crippen LogP contribution in [0.25, 0.3) is 0 Å². The molecule has 0 saturated carbocycles. The number of rotatable bonds is 3. The summed E-state index contributed by atoms with van der Waals surface area (Å²) in [4.78, 5) is 0. The van der Waals surface area contributed by atoms with Crippen molar-refractivity contribution in [2.24, 2.45) is 5.73 Å². The highest BCUT2D eigenvalue weighted by Crippen LogP contribution is 2.38. The summed E-state index contributed by atoms with van der Waals surface area (Å²) < 4.78 is 19.2. The predicted molar refractivity (Wildman–Crippen MR) is 72.1 cm³/mol. The Kier molecular flexibility index (Phi) is 3.99. The molecule has 4 heteroatoms. The van der Waals surface area contributed by atoms with Crippen molar-refractivity contribution in [2.45, 2.75) is 45.4 Å². The Hall–Kier alpha value is -0.873. The zero-order valence-corrected chi connectivity index (χ0v) is 12.3. The van der Waals surface area contributed by atoms with Gasteiger partial charge in [-0.25, -0.2) is 4.39 Å². The van der Waals surface area contributed by atoms with Gasteiger partial charge in [-0.1, -0.05) is 20.8 Å².